The van der Waals surface area contributed by atoms with Crippen molar-refractivity contribution in [1.82, 2.24) is 29.9 Å². The number of hydrogen-bond donors (Lipinski definition) is 2. The van der Waals surface area contributed by atoms with Gasteiger partial charge in [0, 0.05) is 37.4 Å². The molecule has 0 unspecified atom stereocenters. The predicted molar refractivity (Wildman–Crippen MR) is 115 cm³/mol. The number of nitrogens with one attached hydrogen (secondary N) is 2. The van der Waals surface area contributed by atoms with Crippen LogP contribution in [0.2, 0.25) is 0 Å². The number of H-pyrrole nitrogens is 1. The summed E-state index contributed by atoms with van der Waals surface area (Å²) in [6.07, 6.45) is 1.57. The minimum absolute atomic E-state index is 0. The van der Waals surface area contributed by atoms with Gasteiger partial charge in [-0.2, -0.15) is 5.10 Å². The lowest BCUT2D eigenvalue weighted by Crippen LogP contribution is -2.58. The molecule has 0 aliphatic carbocycles. The maximum Gasteiger partial charge on any atom is 0.321 e. The van der Waals surface area contributed by atoms with Crippen LogP contribution < -0.4 is 5.32 Å². The van der Waals surface area contributed by atoms with Gasteiger partial charge in [0.25, 0.3) is 5.91 Å². The van der Waals surface area contributed by atoms with Crippen LogP contribution in [0.15, 0.2) is 24.4 Å². The third-order valence-corrected chi connectivity index (χ3v) is 5.91. The molecule has 9 heteroatoms. The van der Waals surface area contributed by atoms with Gasteiger partial charge in [-0.1, -0.05) is 13.5 Å². The van der Waals surface area contributed by atoms with E-state index in [0.717, 1.165) is 24.3 Å². The largest absolute Gasteiger partial charge is 0.321 e. The SMILES string of the molecule is C.C[C@H]1CN(C)CCN1C(=O)N1Cc2c(NC(=O)c3ccccn3)n[nH]c2C1(C)C. The first-order chi connectivity index (χ1) is 13.8. The third kappa shape index (κ3) is 3.65. The number of aromatic amines is 1. The molecular formula is C21H31N7O2. The summed E-state index contributed by atoms with van der Waals surface area (Å²) >= 11 is 0. The topological polar surface area (TPSA) is 97.5 Å². The van der Waals surface area contributed by atoms with E-state index in [4.69, 9.17) is 0 Å². The van der Waals surface area contributed by atoms with Crippen molar-refractivity contribution in [3.8, 4) is 0 Å². The summed E-state index contributed by atoms with van der Waals surface area (Å²) in [7, 11) is 2.07. The zero-order valence-corrected chi connectivity index (χ0v) is 17.3. The van der Waals surface area contributed by atoms with Gasteiger partial charge in [-0.15, -0.1) is 0 Å². The number of anilines is 1. The summed E-state index contributed by atoms with van der Waals surface area (Å²) in [6, 6.07) is 5.34. The summed E-state index contributed by atoms with van der Waals surface area (Å²) < 4.78 is 0. The molecule has 1 saturated heterocycles. The highest BCUT2D eigenvalue weighted by molar-refractivity contribution is 6.02. The Balaban J connectivity index is 0.00000256. The van der Waals surface area contributed by atoms with Crippen LogP contribution in [0.4, 0.5) is 10.6 Å². The number of piperazine rings is 1. The molecule has 1 atom stereocenters. The van der Waals surface area contributed by atoms with Crippen LogP contribution in [0.1, 0.15) is 49.9 Å². The predicted octanol–water partition coefficient (Wildman–Crippen LogP) is 2.50. The molecule has 3 amide bonds. The van der Waals surface area contributed by atoms with Crippen molar-refractivity contribution in [2.75, 3.05) is 32.0 Å². The minimum Gasteiger partial charge on any atom is -0.319 e. The molecule has 2 aliphatic rings. The number of aromatic nitrogens is 3. The Hall–Kier alpha value is -2.94. The van der Waals surface area contributed by atoms with Crippen molar-refractivity contribution < 1.29 is 9.59 Å². The number of carbonyl (C=O) groups is 2. The third-order valence-electron chi connectivity index (χ3n) is 5.91. The number of likely N-dealkylation sites (N-methyl/N-ethyl adjacent to an activating group) is 1. The van der Waals surface area contributed by atoms with E-state index < -0.39 is 5.54 Å². The summed E-state index contributed by atoms with van der Waals surface area (Å²) in [6.45, 7) is 8.91. The molecule has 2 aromatic heterocycles. The number of fused-ring (bicyclic) bond motifs is 1. The Morgan fingerprint density at radius 2 is 2.03 bits per heavy atom. The summed E-state index contributed by atoms with van der Waals surface area (Å²) in [5, 5.41) is 10.1. The van der Waals surface area contributed by atoms with E-state index in [1.54, 1.807) is 24.4 Å². The molecule has 0 radical (unpaired) electrons. The van der Waals surface area contributed by atoms with Crippen molar-refractivity contribution in [2.24, 2.45) is 0 Å². The van der Waals surface area contributed by atoms with Crippen LogP contribution in [0, 0.1) is 0 Å². The summed E-state index contributed by atoms with van der Waals surface area (Å²) in [5.74, 6) is 0.126. The van der Waals surface area contributed by atoms with Gasteiger partial charge in [-0.3, -0.25) is 14.9 Å². The molecule has 4 rings (SSSR count). The molecule has 2 N–H and O–H groups in total. The van der Waals surface area contributed by atoms with Crippen molar-refractivity contribution in [2.45, 2.75) is 46.3 Å². The molecular weight excluding hydrogens is 382 g/mol. The normalized spacial score (nSPS) is 20.5. The van der Waals surface area contributed by atoms with E-state index >= 15 is 0 Å². The minimum atomic E-state index is -0.545. The van der Waals surface area contributed by atoms with Crippen LogP contribution in [-0.2, 0) is 12.1 Å². The first-order valence-corrected chi connectivity index (χ1v) is 9.86. The second kappa shape index (κ2) is 8.06. The summed E-state index contributed by atoms with van der Waals surface area (Å²) in [4.78, 5) is 36.0. The van der Waals surface area contributed by atoms with Crippen LogP contribution in [0.3, 0.4) is 0 Å². The maximum atomic E-state index is 13.4. The van der Waals surface area contributed by atoms with Gasteiger partial charge in [-0.05, 0) is 40.0 Å². The number of amides is 3. The monoisotopic (exact) mass is 413 g/mol. The highest BCUT2D eigenvalue weighted by Gasteiger charge is 2.46. The zero-order chi connectivity index (χ0) is 20.8. The van der Waals surface area contributed by atoms with Crippen LogP contribution in [0.25, 0.3) is 0 Å². The van der Waals surface area contributed by atoms with E-state index in [1.807, 2.05) is 23.6 Å². The Kier molecular flexibility index (Phi) is 5.85. The lowest BCUT2D eigenvalue weighted by atomic mass is 10.0. The fraction of sp³-hybridized carbons (Fsp3) is 0.524. The molecule has 1 fully saturated rings. The molecule has 0 aromatic carbocycles. The molecule has 2 aliphatic heterocycles. The first-order valence-electron chi connectivity index (χ1n) is 9.86. The van der Waals surface area contributed by atoms with Gasteiger partial charge in [0.2, 0.25) is 0 Å². The van der Waals surface area contributed by atoms with Gasteiger partial charge in [0.1, 0.15) is 5.69 Å². The Morgan fingerprint density at radius 1 is 1.27 bits per heavy atom. The van der Waals surface area contributed by atoms with Gasteiger partial charge < -0.3 is 20.0 Å². The van der Waals surface area contributed by atoms with Gasteiger partial charge in [-0.25, -0.2) is 4.79 Å². The van der Waals surface area contributed by atoms with Gasteiger partial charge >= 0.3 is 6.03 Å². The van der Waals surface area contributed by atoms with Crippen LogP contribution in [-0.4, -0.2) is 74.5 Å². The molecule has 9 nitrogen and oxygen atoms in total. The lowest BCUT2D eigenvalue weighted by Gasteiger charge is -2.43. The second-order valence-corrected chi connectivity index (χ2v) is 8.33. The Morgan fingerprint density at radius 3 is 2.70 bits per heavy atom. The molecule has 30 heavy (non-hydrogen) atoms. The number of hydrogen-bond acceptors (Lipinski definition) is 5. The number of nitrogens with zero attached hydrogens (tertiary/aromatic N) is 5. The smallest absolute Gasteiger partial charge is 0.319 e. The van der Waals surface area contributed by atoms with Crippen molar-refractivity contribution in [3.05, 3.63) is 41.3 Å². The van der Waals surface area contributed by atoms with Crippen LogP contribution >= 0.6 is 0 Å². The van der Waals surface area contributed by atoms with E-state index in [9.17, 15) is 9.59 Å². The average molecular weight is 414 g/mol. The molecule has 0 saturated carbocycles. The Labute approximate surface area is 177 Å². The number of rotatable bonds is 2. The highest BCUT2D eigenvalue weighted by atomic mass is 16.2. The van der Waals surface area contributed by atoms with Gasteiger partial charge in [0.05, 0.1) is 17.8 Å². The van der Waals surface area contributed by atoms with E-state index in [1.165, 1.54) is 0 Å². The van der Waals surface area contributed by atoms with E-state index in [-0.39, 0.29) is 25.4 Å². The second-order valence-electron chi connectivity index (χ2n) is 8.33. The standard InChI is InChI=1S/C20H27N7O2.CH4/c1-13-11-25(4)9-10-26(13)19(29)27-12-14-16(20(27,2)3)23-24-17(14)22-18(28)15-7-5-6-8-21-15;/h5-8,13H,9-12H2,1-4H3,(H2,22,23,24,28);1H4/t13-;/m0./s1. The maximum absolute atomic E-state index is 13.4. The fourth-order valence-corrected chi connectivity index (χ4v) is 4.17. The zero-order valence-electron chi connectivity index (χ0n) is 17.3. The van der Waals surface area contributed by atoms with E-state index in [0.29, 0.717) is 24.6 Å². The number of pyridine rings is 1. The molecule has 2 aromatic rings. The molecule has 162 valence electrons. The number of urea groups is 1. The fourth-order valence-electron chi connectivity index (χ4n) is 4.17. The van der Waals surface area contributed by atoms with E-state index in [2.05, 4.69) is 39.4 Å². The highest BCUT2D eigenvalue weighted by Crippen LogP contribution is 2.41. The summed E-state index contributed by atoms with van der Waals surface area (Å²) in [5.41, 5.74) is 1.47. The van der Waals surface area contributed by atoms with Crippen LogP contribution in [0.5, 0.6) is 0 Å². The molecule has 0 spiro atoms. The first kappa shape index (κ1) is 21.8. The average Bonchev–Trinajstić information content (AvgIpc) is 3.20. The quantitative estimate of drug-likeness (QED) is 0.788. The van der Waals surface area contributed by atoms with Crippen molar-refractivity contribution in [3.63, 3.8) is 0 Å². The molecule has 0 bridgehead atoms. The molecule has 4 heterocycles. The number of carbonyl (C=O) groups excluding carboxylic acids is 2. The Bertz CT molecular complexity index is 925. The van der Waals surface area contributed by atoms with Crippen molar-refractivity contribution in [1.29, 1.82) is 0 Å². The lowest BCUT2D eigenvalue weighted by molar-refractivity contribution is 0.0661. The van der Waals surface area contributed by atoms with Gasteiger partial charge in [0.15, 0.2) is 5.82 Å². The van der Waals surface area contributed by atoms with Crippen molar-refractivity contribution >= 4 is 17.8 Å².